The van der Waals surface area contributed by atoms with Gasteiger partial charge in [-0.25, -0.2) is 0 Å². The third kappa shape index (κ3) is 5.65. The second-order valence-electron chi connectivity index (χ2n) is 7.98. The van der Waals surface area contributed by atoms with Crippen molar-refractivity contribution < 1.29 is 24.6 Å². The average Bonchev–Trinajstić information content (AvgIpc) is 3.23. The highest BCUT2D eigenvalue weighted by Gasteiger charge is 2.50. The standard InChI is InChI=1S/C22H33N3O5/c23-13-5-4-12-22(24,21(30)25-14-6-9-18(25)19(27)15-26)17(20(28)29)11-10-16-7-2-1-3-8-16/h1-3,7-8,17-18,26H,4-6,9-15,23-24H2,(H,28,29)/t17?,18?,22-/m0/s1. The zero-order chi connectivity index (χ0) is 22.1. The van der Waals surface area contributed by atoms with Gasteiger partial charge in [0.1, 0.15) is 12.1 Å². The van der Waals surface area contributed by atoms with Crippen molar-refractivity contribution in [3.63, 3.8) is 0 Å². The van der Waals surface area contributed by atoms with Gasteiger partial charge in [-0.1, -0.05) is 30.3 Å². The molecular formula is C22H33N3O5. The fourth-order valence-electron chi connectivity index (χ4n) is 4.27. The van der Waals surface area contributed by atoms with Crippen LogP contribution < -0.4 is 11.5 Å². The molecule has 0 spiro atoms. The number of nitrogens with zero attached hydrogens (tertiary/aromatic N) is 1. The van der Waals surface area contributed by atoms with E-state index in [1.54, 1.807) is 0 Å². The minimum atomic E-state index is -1.64. The Bertz CT molecular complexity index is 727. The lowest BCUT2D eigenvalue weighted by Crippen LogP contribution is -2.63. The molecule has 0 radical (unpaired) electrons. The van der Waals surface area contributed by atoms with Gasteiger partial charge in [-0.2, -0.15) is 0 Å². The number of likely N-dealkylation sites (tertiary alicyclic amines) is 1. The molecule has 1 amide bonds. The first-order valence-corrected chi connectivity index (χ1v) is 10.6. The van der Waals surface area contributed by atoms with E-state index in [1.165, 1.54) is 4.90 Å². The van der Waals surface area contributed by atoms with E-state index in [9.17, 15) is 24.6 Å². The fraction of sp³-hybridized carbons (Fsp3) is 0.591. The quantitative estimate of drug-likeness (QED) is 0.365. The molecule has 1 aromatic carbocycles. The van der Waals surface area contributed by atoms with Gasteiger partial charge < -0.3 is 26.6 Å². The van der Waals surface area contributed by atoms with Gasteiger partial charge in [0.2, 0.25) is 5.91 Å². The highest BCUT2D eigenvalue weighted by Crippen LogP contribution is 2.32. The zero-order valence-electron chi connectivity index (χ0n) is 17.3. The Kier molecular flexibility index (Phi) is 8.95. The van der Waals surface area contributed by atoms with Crippen molar-refractivity contribution in [2.45, 2.75) is 56.5 Å². The topological polar surface area (TPSA) is 147 Å². The number of hydrogen-bond donors (Lipinski definition) is 4. The van der Waals surface area contributed by atoms with Gasteiger partial charge in [0, 0.05) is 6.54 Å². The lowest BCUT2D eigenvalue weighted by molar-refractivity contribution is -0.154. The maximum absolute atomic E-state index is 13.5. The predicted octanol–water partition coefficient (Wildman–Crippen LogP) is 0.699. The predicted molar refractivity (Wildman–Crippen MR) is 113 cm³/mol. The van der Waals surface area contributed by atoms with Crippen LogP contribution in [0.3, 0.4) is 0 Å². The minimum absolute atomic E-state index is 0.172. The summed E-state index contributed by atoms with van der Waals surface area (Å²) in [6.07, 6.45) is 3.05. The molecule has 3 atom stereocenters. The van der Waals surface area contributed by atoms with Crippen molar-refractivity contribution in [1.29, 1.82) is 0 Å². The van der Waals surface area contributed by atoms with Gasteiger partial charge >= 0.3 is 5.97 Å². The summed E-state index contributed by atoms with van der Waals surface area (Å²) in [5.41, 5.74) is 11.5. The number of carboxylic acid groups (broad SMARTS) is 1. The highest BCUT2D eigenvalue weighted by molar-refractivity contribution is 5.96. The number of aliphatic hydroxyl groups excluding tert-OH is 1. The summed E-state index contributed by atoms with van der Waals surface area (Å²) in [5, 5.41) is 19.2. The lowest BCUT2D eigenvalue weighted by atomic mass is 9.76. The third-order valence-electron chi connectivity index (χ3n) is 5.97. The normalized spacial score (nSPS) is 19.3. The summed E-state index contributed by atoms with van der Waals surface area (Å²) in [5.74, 6) is -3.20. The molecule has 1 aliphatic rings. The summed E-state index contributed by atoms with van der Waals surface area (Å²) in [6.45, 7) is 0.0903. The van der Waals surface area contributed by atoms with Crippen molar-refractivity contribution >= 4 is 17.7 Å². The molecule has 1 aromatic rings. The Labute approximate surface area is 177 Å². The number of carboxylic acids is 1. The summed E-state index contributed by atoms with van der Waals surface area (Å²) < 4.78 is 0. The first-order valence-electron chi connectivity index (χ1n) is 10.6. The van der Waals surface area contributed by atoms with Gasteiger partial charge in [0.05, 0.1) is 12.0 Å². The molecule has 8 nitrogen and oxygen atoms in total. The summed E-state index contributed by atoms with van der Waals surface area (Å²) in [6, 6.07) is 8.70. The van der Waals surface area contributed by atoms with E-state index in [2.05, 4.69) is 0 Å². The number of unbranched alkanes of at least 4 members (excludes halogenated alkanes) is 1. The Hall–Kier alpha value is -2.29. The van der Waals surface area contributed by atoms with E-state index in [1.807, 2.05) is 30.3 Å². The number of carbonyl (C=O) groups excluding carboxylic acids is 2. The number of rotatable bonds is 12. The van der Waals surface area contributed by atoms with Crippen LogP contribution in [-0.4, -0.2) is 64.0 Å². The van der Waals surface area contributed by atoms with Gasteiger partial charge in [0.15, 0.2) is 5.78 Å². The SMILES string of the molecule is NCCCC[C@@](N)(C(=O)N1CCCC1C(=O)CO)C(CCc1ccccc1)C(=O)O. The van der Waals surface area contributed by atoms with Gasteiger partial charge in [-0.3, -0.25) is 14.4 Å². The first-order chi connectivity index (χ1) is 14.3. The smallest absolute Gasteiger partial charge is 0.308 e. The number of amides is 1. The molecular weight excluding hydrogens is 386 g/mol. The third-order valence-corrected chi connectivity index (χ3v) is 5.97. The maximum atomic E-state index is 13.5. The molecule has 1 saturated heterocycles. The van der Waals surface area contributed by atoms with E-state index in [0.717, 1.165) is 5.56 Å². The number of aryl methyl sites for hydroxylation is 1. The van der Waals surface area contributed by atoms with Gasteiger partial charge in [0.25, 0.3) is 0 Å². The molecule has 1 aliphatic heterocycles. The van der Waals surface area contributed by atoms with Crippen LogP contribution in [0.1, 0.15) is 44.1 Å². The molecule has 166 valence electrons. The number of aliphatic hydroxyl groups is 1. The number of benzene rings is 1. The second kappa shape index (κ2) is 11.2. The monoisotopic (exact) mass is 419 g/mol. The number of carbonyl (C=O) groups is 3. The molecule has 30 heavy (non-hydrogen) atoms. The van der Waals surface area contributed by atoms with Crippen LogP contribution in [0.4, 0.5) is 0 Å². The number of hydrogen-bond acceptors (Lipinski definition) is 6. The average molecular weight is 420 g/mol. The number of Topliss-reactive ketones (excluding diaryl/α,β-unsaturated/α-hetero) is 1. The Balaban J connectivity index is 2.30. The van der Waals surface area contributed by atoms with Crippen LogP contribution in [0.25, 0.3) is 0 Å². The van der Waals surface area contributed by atoms with Crippen molar-refractivity contribution in [1.82, 2.24) is 4.90 Å². The van der Waals surface area contributed by atoms with E-state index in [0.29, 0.717) is 45.2 Å². The number of nitrogens with two attached hydrogens (primary N) is 2. The molecule has 0 aromatic heterocycles. The Morgan fingerprint density at radius 3 is 2.50 bits per heavy atom. The zero-order valence-corrected chi connectivity index (χ0v) is 17.3. The Morgan fingerprint density at radius 2 is 1.90 bits per heavy atom. The summed E-state index contributed by atoms with van der Waals surface area (Å²) in [4.78, 5) is 39.2. The van der Waals surface area contributed by atoms with Gasteiger partial charge in [-0.15, -0.1) is 0 Å². The number of ketones is 1. The van der Waals surface area contributed by atoms with Crippen molar-refractivity contribution in [3.8, 4) is 0 Å². The second-order valence-corrected chi connectivity index (χ2v) is 7.98. The van der Waals surface area contributed by atoms with Crippen LogP contribution in [0.2, 0.25) is 0 Å². The largest absolute Gasteiger partial charge is 0.481 e. The molecule has 6 N–H and O–H groups in total. The molecule has 8 heteroatoms. The summed E-state index contributed by atoms with van der Waals surface area (Å²) in [7, 11) is 0. The van der Waals surface area contributed by atoms with E-state index >= 15 is 0 Å². The van der Waals surface area contributed by atoms with Crippen molar-refractivity contribution in [2.24, 2.45) is 17.4 Å². The van der Waals surface area contributed by atoms with E-state index in [4.69, 9.17) is 11.5 Å². The molecule has 1 heterocycles. The molecule has 2 unspecified atom stereocenters. The van der Waals surface area contributed by atoms with E-state index in [-0.39, 0.29) is 12.8 Å². The van der Waals surface area contributed by atoms with Crippen molar-refractivity contribution in [2.75, 3.05) is 19.7 Å². The molecule has 1 fully saturated rings. The van der Waals surface area contributed by atoms with E-state index < -0.39 is 41.8 Å². The van der Waals surface area contributed by atoms with Crippen LogP contribution in [-0.2, 0) is 20.8 Å². The van der Waals surface area contributed by atoms with Crippen LogP contribution in [0.5, 0.6) is 0 Å². The molecule has 0 aliphatic carbocycles. The fourth-order valence-corrected chi connectivity index (χ4v) is 4.27. The molecule has 0 saturated carbocycles. The summed E-state index contributed by atoms with van der Waals surface area (Å²) >= 11 is 0. The molecule has 2 rings (SSSR count). The lowest BCUT2D eigenvalue weighted by Gasteiger charge is -2.38. The van der Waals surface area contributed by atoms with Crippen LogP contribution in [0, 0.1) is 5.92 Å². The molecule has 0 bridgehead atoms. The van der Waals surface area contributed by atoms with Crippen LogP contribution in [0.15, 0.2) is 30.3 Å². The van der Waals surface area contributed by atoms with Crippen LogP contribution >= 0.6 is 0 Å². The highest BCUT2D eigenvalue weighted by atomic mass is 16.4. The van der Waals surface area contributed by atoms with Gasteiger partial charge in [-0.05, 0) is 57.1 Å². The van der Waals surface area contributed by atoms with Crippen molar-refractivity contribution in [3.05, 3.63) is 35.9 Å². The minimum Gasteiger partial charge on any atom is -0.481 e. The maximum Gasteiger partial charge on any atom is 0.308 e. The number of aliphatic carboxylic acids is 1. The Morgan fingerprint density at radius 1 is 1.20 bits per heavy atom. The first kappa shape index (κ1) is 24.0.